The van der Waals surface area contributed by atoms with Crippen molar-refractivity contribution in [2.45, 2.75) is 35.8 Å². The largest absolute Gasteiger partial charge is 0.497 e. The molecule has 11 heteroatoms. The van der Waals surface area contributed by atoms with E-state index in [1.807, 2.05) is 66.7 Å². The molecule has 0 bridgehead atoms. The van der Waals surface area contributed by atoms with Gasteiger partial charge in [0.05, 0.1) is 31.5 Å². The first-order valence-electron chi connectivity index (χ1n) is 17.8. The third-order valence-corrected chi connectivity index (χ3v) is 11.1. The van der Waals surface area contributed by atoms with Crippen LogP contribution in [0.4, 0.5) is 0 Å². The summed E-state index contributed by atoms with van der Waals surface area (Å²) >= 11 is 0. The Morgan fingerprint density at radius 2 is 1.46 bits per heavy atom. The second-order valence-electron chi connectivity index (χ2n) is 12.8. The molecule has 1 aliphatic heterocycles. The van der Waals surface area contributed by atoms with Gasteiger partial charge in [0.15, 0.2) is 21.5 Å². The zero-order valence-electron chi connectivity index (χ0n) is 30.3. The first-order valence-corrected chi connectivity index (χ1v) is 19.4. The maximum atomic E-state index is 14.7. The van der Waals surface area contributed by atoms with Crippen molar-refractivity contribution >= 4 is 21.6 Å². The number of hydrogen-bond acceptors (Lipinski definition) is 9. The van der Waals surface area contributed by atoms with Crippen LogP contribution in [0.15, 0.2) is 137 Å². The minimum atomic E-state index is -3.82. The summed E-state index contributed by atoms with van der Waals surface area (Å²) < 4.78 is 50.8. The third-order valence-electron chi connectivity index (χ3n) is 9.37. The molecule has 0 unspecified atom stereocenters. The average molecular weight is 749 g/mol. The van der Waals surface area contributed by atoms with Crippen LogP contribution < -0.4 is 19.5 Å². The summed E-state index contributed by atoms with van der Waals surface area (Å²) in [6.07, 6.45) is -0.211. The van der Waals surface area contributed by atoms with E-state index in [0.29, 0.717) is 47.8 Å². The molecule has 2 atom stereocenters. The molecule has 1 amide bonds. The zero-order chi connectivity index (χ0) is 38.0. The van der Waals surface area contributed by atoms with Crippen molar-refractivity contribution in [1.82, 2.24) is 5.32 Å². The Bertz CT molecular complexity index is 2140. The van der Waals surface area contributed by atoms with E-state index in [4.69, 9.17) is 29.0 Å². The van der Waals surface area contributed by atoms with Crippen molar-refractivity contribution in [3.63, 3.8) is 0 Å². The summed E-state index contributed by atoms with van der Waals surface area (Å²) in [6, 6.07) is 38.4. The van der Waals surface area contributed by atoms with Crippen LogP contribution in [0, 0.1) is 0 Å². The highest BCUT2D eigenvalue weighted by Gasteiger charge is 2.53. The fourth-order valence-electron chi connectivity index (χ4n) is 6.43. The van der Waals surface area contributed by atoms with Gasteiger partial charge in [-0.1, -0.05) is 72.8 Å². The number of hydrogen-bond donors (Lipinski definition) is 2. The van der Waals surface area contributed by atoms with E-state index in [1.54, 1.807) is 74.9 Å². The van der Waals surface area contributed by atoms with Gasteiger partial charge in [0.1, 0.15) is 17.2 Å². The summed E-state index contributed by atoms with van der Waals surface area (Å²) in [7, 11) is -0.649. The molecule has 0 saturated carbocycles. The average Bonchev–Trinajstić information content (AvgIpc) is 3.62. The molecule has 0 saturated heterocycles. The second kappa shape index (κ2) is 17.5. The Labute approximate surface area is 316 Å². The monoisotopic (exact) mass is 748 g/mol. The first-order chi connectivity index (χ1) is 26.3. The molecule has 5 aromatic rings. The number of aliphatic imine (C=N–C) groups is 1. The standard InChI is InChI=1S/C43H44N2O8S/c1-50-37-22-23-39(51-2)35(30-37)24-26-44-42(47)43(25-29-54(48,49)38-12-7-4-8-13-38)40(33-16-14-32(15-17-33)31-10-5-3-6-11-31)53-41(45-43)34-18-20-36(21-19-34)52-28-9-27-46/h3-8,10-23,30,40,46H,9,24-29H2,1-2H3,(H,44,47)/t40-,43-/m1/s1. The Morgan fingerprint density at radius 1 is 0.815 bits per heavy atom. The number of amides is 1. The number of carbonyl (C=O) groups is 1. The lowest BCUT2D eigenvalue weighted by Gasteiger charge is -2.31. The van der Waals surface area contributed by atoms with Crippen molar-refractivity contribution in [2.75, 3.05) is 39.7 Å². The number of nitrogens with one attached hydrogen (secondary N) is 1. The van der Waals surface area contributed by atoms with E-state index in [-0.39, 0.29) is 36.1 Å². The van der Waals surface area contributed by atoms with Crippen LogP contribution in [-0.4, -0.2) is 70.6 Å². The number of methoxy groups -OCH3 is 2. The van der Waals surface area contributed by atoms with Crippen LogP contribution in [0.3, 0.4) is 0 Å². The zero-order valence-corrected chi connectivity index (χ0v) is 31.1. The van der Waals surface area contributed by atoms with Crippen LogP contribution in [0.5, 0.6) is 17.2 Å². The smallest absolute Gasteiger partial charge is 0.252 e. The van der Waals surface area contributed by atoms with E-state index in [1.165, 1.54) is 0 Å². The second-order valence-corrected chi connectivity index (χ2v) is 15.0. The maximum absolute atomic E-state index is 14.7. The molecule has 0 aliphatic carbocycles. The Morgan fingerprint density at radius 3 is 2.13 bits per heavy atom. The predicted octanol–water partition coefficient (Wildman–Crippen LogP) is 6.61. The number of benzene rings is 5. The van der Waals surface area contributed by atoms with E-state index < -0.39 is 27.4 Å². The van der Waals surface area contributed by atoms with E-state index in [2.05, 4.69) is 5.32 Å². The fraction of sp³-hybridized carbons (Fsp3) is 0.256. The van der Waals surface area contributed by atoms with Crippen molar-refractivity contribution in [2.24, 2.45) is 4.99 Å². The number of ether oxygens (including phenoxy) is 4. The van der Waals surface area contributed by atoms with Gasteiger partial charge in [-0.05, 0) is 83.3 Å². The van der Waals surface area contributed by atoms with Crippen molar-refractivity contribution in [3.8, 4) is 28.4 Å². The van der Waals surface area contributed by atoms with Crippen LogP contribution in [-0.2, 0) is 25.8 Å². The molecule has 6 rings (SSSR count). The molecule has 10 nitrogen and oxygen atoms in total. The highest BCUT2D eigenvalue weighted by atomic mass is 32.2. The summed E-state index contributed by atoms with van der Waals surface area (Å²) in [5, 5.41) is 12.2. The van der Waals surface area contributed by atoms with Gasteiger partial charge in [-0.2, -0.15) is 0 Å². The number of aliphatic hydroxyl groups excluding tert-OH is 1. The molecule has 1 heterocycles. The van der Waals surface area contributed by atoms with Crippen molar-refractivity contribution < 1.29 is 37.3 Å². The first kappa shape index (κ1) is 38.1. The SMILES string of the molecule is COc1ccc(OC)c(CCNC(=O)[C@]2(CCS(=O)(=O)c3ccccc3)N=C(c3ccc(OCCCO)cc3)O[C@@H]2c2ccc(-c3ccccc3)cc2)c1. The van der Waals surface area contributed by atoms with Gasteiger partial charge in [0, 0.05) is 31.6 Å². The lowest BCUT2D eigenvalue weighted by atomic mass is 9.84. The van der Waals surface area contributed by atoms with Crippen LogP contribution in [0.1, 0.15) is 35.6 Å². The van der Waals surface area contributed by atoms with Gasteiger partial charge in [-0.3, -0.25) is 4.79 Å². The molecule has 1 aliphatic rings. The quantitative estimate of drug-likeness (QED) is 0.102. The van der Waals surface area contributed by atoms with Gasteiger partial charge >= 0.3 is 0 Å². The Hall–Kier alpha value is -5.65. The number of sulfone groups is 1. The van der Waals surface area contributed by atoms with Gasteiger partial charge in [0.2, 0.25) is 5.90 Å². The normalized spacial score (nSPS) is 16.6. The molecule has 0 aromatic heterocycles. The van der Waals surface area contributed by atoms with E-state index in [9.17, 15) is 13.2 Å². The highest BCUT2D eigenvalue weighted by molar-refractivity contribution is 7.91. The Balaban J connectivity index is 1.38. The van der Waals surface area contributed by atoms with E-state index >= 15 is 0 Å². The molecule has 280 valence electrons. The molecule has 2 N–H and O–H groups in total. The number of rotatable bonds is 17. The molecule has 0 spiro atoms. The number of carbonyl (C=O) groups excluding carboxylic acids is 1. The Kier molecular flexibility index (Phi) is 12.3. The lowest BCUT2D eigenvalue weighted by molar-refractivity contribution is -0.129. The van der Waals surface area contributed by atoms with Crippen LogP contribution >= 0.6 is 0 Å². The molecule has 5 aromatic carbocycles. The summed E-state index contributed by atoms with van der Waals surface area (Å²) in [4.78, 5) is 19.9. The molecular formula is C43H44N2O8S. The number of nitrogens with zero attached hydrogens (tertiary/aromatic N) is 1. The molecule has 0 radical (unpaired) electrons. The van der Waals surface area contributed by atoms with Gasteiger partial charge in [0.25, 0.3) is 5.91 Å². The fourth-order valence-corrected chi connectivity index (χ4v) is 7.82. The highest BCUT2D eigenvalue weighted by Crippen LogP contribution is 2.43. The minimum Gasteiger partial charge on any atom is -0.497 e. The lowest BCUT2D eigenvalue weighted by Crippen LogP contribution is -2.49. The van der Waals surface area contributed by atoms with Crippen molar-refractivity contribution in [1.29, 1.82) is 0 Å². The topological polar surface area (TPSA) is 133 Å². The van der Waals surface area contributed by atoms with Gasteiger partial charge in [-0.15, -0.1) is 0 Å². The predicted molar refractivity (Wildman–Crippen MR) is 208 cm³/mol. The molecular weight excluding hydrogens is 705 g/mol. The van der Waals surface area contributed by atoms with Gasteiger partial charge in [-0.25, -0.2) is 13.4 Å². The maximum Gasteiger partial charge on any atom is 0.252 e. The minimum absolute atomic E-state index is 0.0215. The third kappa shape index (κ3) is 8.75. The summed E-state index contributed by atoms with van der Waals surface area (Å²) in [5.74, 6) is 1.29. The van der Waals surface area contributed by atoms with Crippen molar-refractivity contribution in [3.05, 3.63) is 144 Å². The van der Waals surface area contributed by atoms with Crippen LogP contribution in [0.2, 0.25) is 0 Å². The van der Waals surface area contributed by atoms with E-state index in [0.717, 1.165) is 16.7 Å². The summed E-state index contributed by atoms with van der Waals surface area (Å²) in [5.41, 5.74) is 2.43. The van der Waals surface area contributed by atoms with Gasteiger partial charge < -0.3 is 29.4 Å². The molecule has 0 fully saturated rings. The molecule has 54 heavy (non-hydrogen) atoms. The number of aliphatic hydroxyl groups is 1. The van der Waals surface area contributed by atoms with Crippen LogP contribution in [0.25, 0.3) is 11.1 Å². The summed E-state index contributed by atoms with van der Waals surface area (Å²) in [6.45, 7) is 0.586.